The highest BCUT2D eigenvalue weighted by atomic mass is 16.5. The molecule has 1 unspecified atom stereocenters. The lowest BCUT2D eigenvalue weighted by molar-refractivity contribution is 0.416. The summed E-state index contributed by atoms with van der Waals surface area (Å²) in [7, 11) is 1.64. The van der Waals surface area contributed by atoms with Gasteiger partial charge in [-0.15, -0.1) is 0 Å². The summed E-state index contributed by atoms with van der Waals surface area (Å²) in [6.45, 7) is 0. The maximum Gasteiger partial charge on any atom is 0.128 e. The van der Waals surface area contributed by atoms with Gasteiger partial charge >= 0.3 is 0 Å². The van der Waals surface area contributed by atoms with Crippen LogP contribution in [0.15, 0.2) is 61.2 Å². The molecule has 2 heterocycles. The number of para-hydroxylation sites is 1. The maximum absolute atomic E-state index is 6.28. The van der Waals surface area contributed by atoms with Gasteiger partial charge in [0.2, 0.25) is 0 Å². The van der Waals surface area contributed by atoms with Crippen LogP contribution in [0.4, 0.5) is 0 Å². The van der Waals surface area contributed by atoms with Gasteiger partial charge < -0.3 is 10.5 Å². The molecule has 3 aromatic rings. The molecule has 1 aromatic carbocycles. The van der Waals surface area contributed by atoms with E-state index in [4.69, 9.17) is 10.5 Å². The van der Waals surface area contributed by atoms with Crippen molar-refractivity contribution >= 4 is 0 Å². The second kappa shape index (κ2) is 6.32. The number of nitrogens with zero attached hydrogens (tertiary/aromatic N) is 3. The Kier molecular flexibility index (Phi) is 4.07. The molecule has 5 heteroatoms. The summed E-state index contributed by atoms with van der Waals surface area (Å²) in [6.07, 6.45) is 4.97. The van der Waals surface area contributed by atoms with Crippen LogP contribution >= 0.6 is 0 Å². The van der Waals surface area contributed by atoms with Crippen molar-refractivity contribution in [2.24, 2.45) is 5.73 Å². The smallest absolute Gasteiger partial charge is 0.128 e. The van der Waals surface area contributed by atoms with Crippen LogP contribution in [0.5, 0.6) is 5.75 Å². The first-order valence-electron chi connectivity index (χ1n) is 6.90. The fourth-order valence-electron chi connectivity index (χ4n) is 2.29. The second-order valence-electron chi connectivity index (χ2n) is 4.79. The van der Waals surface area contributed by atoms with Crippen LogP contribution in [0.3, 0.4) is 0 Å². The van der Waals surface area contributed by atoms with Crippen molar-refractivity contribution in [2.45, 2.75) is 6.04 Å². The second-order valence-corrected chi connectivity index (χ2v) is 4.79. The van der Waals surface area contributed by atoms with Gasteiger partial charge in [0.15, 0.2) is 0 Å². The molecule has 0 saturated heterocycles. The SMILES string of the molecule is COc1ccccc1-c1cc(C(N)c2ccncc2)ncn1. The highest BCUT2D eigenvalue weighted by molar-refractivity contribution is 5.67. The van der Waals surface area contributed by atoms with E-state index in [9.17, 15) is 0 Å². The number of hydrogen-bond donors (Lipinski definition) is 1. The Morgan fingerprint density at radius 1 is 1.05 bits per heavy atom. The minimum atomic E-state index is -0.320. The van der Waals surface area contributed by atoms with Gasteiger partial charge in [-0.05, 0) is 35.9 Å². The Balaban J connectivity index is 2.00. The zero-order valence-corrected chi connectivity index (χ0v) is 12.2. The number of benzene rings is 1. The van der Waals surface area contributed by atoms with Crippen molar-refractivity contribution in [1.29, 1.82) is 0 Å². The number of ether oxygens (including phenoxy) is 1. The summed E-state index contributed by atoms with van der Waals surface area (Å²) in [5, 5.41) is 0. The number of hydrogen-bond acceptors (Lipinski definition) is 5. The molecular weight excluding hydrogens is 276 g/mol. The standard InChI is InChI=1S/C17H16N4O/c1-22-16-5-3-2-4-13(16)14-10-15(21-11-20-14)17(18)12-6-8-19-9-7-12/h2-11,17H,18H2,1H3. The third-order valence-corrected chi connectivity index (χ3v) is 3.46. The Labute approximate surface area is 128 Å². The van der Waals surface area contributed by atoms with E-state index in [1.165, 1.54) is 6.33 Å². The molecule has 2 N–H and O–H groups in total. The molecule has 5 nitrogen and oxygen atoms in total. The largest absolute Gasteiger partial charge is 0.496 e. The van der Waals surface area contributed by atoms with Gasteiger partial charge in [0.05, 0.1) is 24.5 Å². The number of aromatic nitrogens is 3. The van der Waals surface area contributed by atoms with Crippen LogP contribution in [0.1, 0.15) is 17.3 Å². The number of pyridine rings is 1. The quantitative estimate of drug-likeness (QED) is 0.800. The number of rotatable bonds is 4. The van der Waals surface area contributed by atoms with Crippen molar-refractivity contribution in [3.8, 4) is 17.0 Å². The van der Waals surface area contributed by atoms with E-state index in [1.54, 1.807) is 19.5 Å². The zero-order chi connectivity index (χ0) is 15.4. The zero-order valence-electron chi connectivity index (χ0n) is 12.2. The van der Waals surface area contributed by atoms with Gasteiger partial charge in [0, 0.05) is 18.0 Å². The molecule has 22 heavy (non-hydrogen) atoms. The summed E-state index contributed by atoms with van der Waals surface area (Å²) in [6, 6.07) is 13.1. The van der Waals surface area contributed by atoms with E-state index >= 15 is 0 Å². The Morgan fingerprint density at radius 2 is 1.82 bits per heavy atom. The van der Waals surface area contributed by atoms with Gasteiger partial charge in [-0.2, -0.15) is 0 Å². The van der Waals surface area contributed by atoms with Crippen molar-refractivity contribution in [3.05, 3.63) is 72.4 Å². The predicted molar refractivity (Wildman–Crippen MR) is 84.3 cm³/mol. The molecule has 0 bridgehead atoms. The third kappa shape index (κ3) is 2.80. The van der Waals surface area contributed by atoms with Gasteiger partial charge in [-0.3, -0.25) is 4.98 Å². The molecule has 0 fully saturated rings. The molecule has 0 radical (unpaired) electrons. The molecule has 0 amide bonds. The molecule has 0 saturated carbocycles. The maximum atomic E-state index is 6.28. The molecule has 0 aliphatic carbocycles. The molecule has 3 rings (SSSR count). The molecule has 0 aliphatic rings. The van der Waals surface area contributed by atoms with Crippen LogP contribution < -0.4 is 10.5 Å². The minimum Gasteiger partial charge on any atom is -0.496 e. The van der Waals surface area contributed by atoms with E-state index in [-0.39, 0.29) is 6.04 Å². The van der Waals surface area contributed by atoms with Crippen molar-refractivity contribution in [1.82, 2.24) is 15.0 Å². The van der Waals surface area contributed by atoms with E-state index < -0.39 is 0 Å². The fraction of sp³-hybridized carbons (Fsp3) is 0.118. The molecule has 0 aliphatic heterocycles. The van der Waals surface area contributed by atoms with Crippen LogP contribution in [-0.2, 0) is 0 Å². The van der Waals surface area contributed by atoms with E-state index in [0.29, 0.717) is 0 Å². The Hall–Kier alpha value is -2.79. The van der Waals surface area contributed by atoms with Gasteiger partial charge in [-0.1, -0.05) is 12.1 Å². The first-order chi connectivity index (χ1) is 10.8. The Morgan fingerprint density at radius 3 is 2.59 bits per heavy atom. The molecule has 110 valence electrons. The fourth-order valence-corrected chi connectivity index (χ4v) is 2.29. The van der Waals surface area contributed by atoms with Crippen LogP contribution in [0.2, 0.25) is 0 Å². The lowest BCUT2D eigenvalue weighted by atomic mass is 10.0. The highest BCUT2D eigenvalue weighted by Crippen LogP contribution is 2.29. The van der Waals surface area contributed by atoms with E-state index in [2.05, 4.69) is 15.0 Å². The first kappa shape index (κ1) is 14.2. The lowest BCUT2D eigenvalue weighted by Gasteiger charge is -2.13. The summed E-state index contributed by atoms with van der Waals surface area (Å²) in [5.74, 6) is 0.768. The van der Waals surface area contributed by atoms with Gasteiger partial charge in [0.25, 0.3) is 0 Å². The summed E-state index contributed by atoms with van der Waals surface area (Å²) in [5.41, 5.74) is 9.69. The molecule has 0 spiro atoms. The van der Waals surface area contributed by atoms with Crippen LogP contribution in [-0.4, -0.2) is 22.1 Å². The first-order valence-corrected chi connectivity index (χ1v) is 6.90. The van der Waals surface area contributed by atoms with Crippen LogP contribution in [0.25, 0.3) is 11.3 Å². The molecule has 1 atom stereocenters. The average molecular weight is 292 g/mol. The Bertz CT molecular complexity index is 761. The third-order valence-electron chi connectivity index (χ3n) is 3.46. The highest BCUT2D eigenvalue weighted by Gasteiger charge is 2.13. The van der Waals surface area contributed by atoms with Crippen molar-refractivity contribution in [2.75, 3.05) is 7.11 Å². The number of methoxy groups -OCH3 is 1. The molecule has 2 aromatic heterocycles. The average Bonchev–Trinajstić information content (AvgIpc) is 2.62. The normalized spacial score (nSPS) is 11.9. The summed E-state index contributed by atoms with van der Waals surface area (Å²) in [4.78, 5) is 12.6. The molecular formula is C17H16N4O. The predicted octanol–water partition coefficient (Wildman–Crippen LogP) is 2.60. The van der Waals surface area contributed by atoms with Crippen molar-refractivity contribution < 1.29 is 4.74 Å². The van der Waals surface area contributed by atoms with Crippen LogP contribution in [0, 0.1) is 0 Å². The minimum absolute atomic E-state index is 0.320. The number of nitrogens with two attached hydrogens (primary N) is 1. The monoisotopic (exact) mass is 292 g/mol. The topological polar surface area (TPSA) is 73.9 Å². The summed E-state index contributed by atoms with van der Waals surface area (Å²) >= 11 is 0. The lowest BCUT2D eigenvalue weighted by Crippen LogP contribution is -2.14. The van der Waals surface area contributed by atoms with E-state index in [1.807, 2.05) is 42.5 Å². The van der Waals surface area contributed by atoms with Gasteiger partial charge in [0.1, 0.15) is 12.1 Å². The van der Waals surface area contributed by atoms with Gasteiger partial charge in [-0.25, -0.2) is 9.97 Å². The summed E-state index contributed by atoms with van der Waals surface area (Å²) < 4.78 is 5.38. The van der Waals surface area contributed by atoms with Crippen molar-refractivity contribution in [3.63, 3.8) is 0 Å². The van der Waals surface area contributed by atoms with E-state index in [0.717, 1.165) is 28.3 Å².